The average Bonchev–Trinajstić information content (AvgIpc) is 3.44. The van der Waals surface area contributed by atoms with Gasteiger partial charge in [-0.15, -0.1) is 0 Å². The number of methoxy groups -OCH3 is 1. The number of nitrogens with one attached hydrogen (secondary N) is 1. The van der Waals surface area contributed by atoms with Crippen LogP contribution in [0.3, 0.4) is 0 Å². The number of hydrogen-bond donors (Lipinski definition) is 2. The number of ether oxygens (including phenoxy) is 1. The second-order valence-corrected chi connectivity index (χ2v) is 6.93. The van der Waals surface area contributed by atoms with E-state index in [2.05, 4.69) is 5.32 Å². The zero-order chi connectivity index (χ0) is 18.7. The third-order valence-electron chi connectivity index (χ3n) is 4.77. The van der Waals surface area contributed by atoms with Crippen LogP contribution in [-0.2, 0) is 6.54 Å². The smallest absolute Gasteiger partial charge is 0.318 e. The molecule has 0 aromatic heterocycles. The van der Waals surface area contributed by atoms with E-state index in [-0.39, 0.29) is 23.9 Å². The van der Waals surface area contributed by atoms with E-state index < -0.39 is 0 Å². The molecule has 0 bridgehead atoms. The monoisotopic (exact) mass is 354 g/mol. The van der Waals surface area contributed by atoms with Gasteiger partial charge in [0.15, 0.2) is 0 Å². The number of carbonyl (C=O) groups is 1. The molecule has 26 heavy (non-hydrogen) atoms. The second-order valence-electron chi connectivity index (χ2n) is 6.93. The van der Waals surface area contributed by atoms with Gasteiger partial charge in [-0.2, -0.15) is 0 Å². The fourth-order valence-electron chi connectivity index (χ4n) is 3.13. The van der Waals surface area contributed by atoms with Crippen LogP contribution in [0.25, 0.3) is 0 Å². The number of hydrogen-bond acceptors (Lipinski definition) is 3. The molecule has 5 nitrogen and oxygen atoms in total. The summed E-state index contributed by atoms with van der Waals surface area (Å²) >= 11 is 0. The van der Waals surface area contributed by atoms with Crippen LogP contribution < -0.4 is 10.1 Å². The largest absolute Gasteiger partial charge is 0.508 e. The highest BCUT2D eigenvalue weighted by Crippen LogP contribution is 2.30. The molecular weight excluding hydrogens is 328 g/mol. The van der Waals surface area contributed by atoms with Crippen molar-refractivity contribution in [2.45, 2.75) is 45.3 Å². The van der Waals surface area contributed by atoms with Crippen molar-refractivity contribution in [3.05, 3.63) is 59.2 Å². The molecule has 0 unspecified atom stereocenters. The van der Waals surface area contributed by atoms with Crippen molar-refractivity contribution in [3.63, 3.8) is 0 Å². The predicted octanol–water partition coefficient (Wildman–Crippen LogP) is 4.14. The summed E-state index contributed by atoms with van der Waals surface area (Å²) in [5, 5.41) is 12.8. The third kappa shape index (κ3) is 4.28. The Labute approximate surface area is 154 Å². The van der Waals surface area contributed by atoms with Crippen LogP contribution >= 0.6 is 0 Å². The second kappa shape index (κ2) is 7.68. The molecule has 1 atom stereocenters. The number of nitrogens with zero attached hydrogens (tertiary/aromatic N) is 1. The quantitative estimate of drug-likeness (QED) is 0.819. The first-order valence-electron chi connectivity index (χ1n) is 8.97. The number of rotatable bonds is 6. The summed E-state index contributed by atoms with van der Waals surface area (Å²) in [6.07, 6.45) is 2.06. The molecule has 2 amide bonds. The molecule has 0 saturated heterocycles. The van der Waals surface area contributed by atoms with Crippen molar-refractivity contribution < 1.29 is 14.6 Å². The number of carbonyl (C=O) groups excluding carboxylic acids is 1. The molecule has 2 aromatic carbocycles. The highest BCUT2D eigenvalue weighted by molar-refractivity contribution is 5.75. The molecule has 2 N–H and O–H groups in total. The highest BCUT2D eigenvalue weighted by Gasteiger charge is 2.33. The normalized spacial score (nSPS) is 14.6. The van der Waals surface area contributed by atoms with Gasteiger partial charge >= 0.3 is 6.03 Å². The van der Waals surface area contributed by atoms with Crippen molar-refractivity contribution in [2.24, 2.45) is 0 Å². The van der Waals surface area contributed by atoms with E-state index in [4.69, 9.17) is 4.74 Å². The molecule has 1 aliphatic carbocycles. The molecule has 0 spiro atoms. The molecule has 3 rings (SSSR count). The molecule has 1 fully saturated rings. The summed E-state index contributed by atoms with van der Waals surface area (Å²) < 4.78 is 5.30. The molecular formula is C21H26N2O3. The van der Waals surface area contributed by atoms with Crippen LogP contribution in [0, 0.1) is 6.92 Å². The molecule has 1 aliphatic rings. The van der Waals surface area contributed by atoms with Gasteiger partial charge in [0.2, 0.25) is 0 Å². The Hall–Kier alpha value is -2.69. The summed E-state index contributed by atoms with van der Waals surface area (Å²) in [5.41, 5.74) is 3.02. The number of urea groups is 1. The van der Waals surface area contributed by atoms with Gasteiger partial charge < -0.3 is 20.1 Å². The maximum atomic E-state index is 12.8. The molecule has 138 valence electrons. The Bertz CT molecular complexity index is 787. The lowest BCUT2D eigenvalue weighted by atomic mass is 10.1. The lowest BCUT2D eigenvalue weighted by Gasteiger charge is -2.26. The topological polar surface area (TPSA) is 61.8 Å². The lowest BCUT2D eigenvalue weighted by molar-refractivity contribution is 0.188. The zero-order valence-electron chi connectivity index (χ0n) is 15.5. The van der Waals surface area contributed by atoms with Gasteiger partial charge in [-0.25, -0.2) is 4.79 Å². The number of phenolic OH excluding ortho intramolecular Hbond substituents is 1. The van der Waals surface area contributed by atoms with Gasteiger partial charge in [-0.05, 0) is 61.6 Å². The van der Waals surface area contributed by atoms with Crippen LogP contribution in [-0.4, -0.2) is 29.2 Å². The summed E-state index contributed by atoms with van der Waals surface area (Å²) in [6.45, 7) is 4.48. The summed E-state index contributed by atoms with van der Waals surface area (Å²) in [7, 11) is 1.65. The molecule has 5 heteroatoms. The van der Waals surface area contributed by atoms with Crippen LogP contribution in [0.4, 0.5) is 4.79 Å². The molecule has 2 aromatic rings. The van der Waals surface area contributed by atoms with Crippen molar-refractivity contribution in [3.8, 4) is 11.5 Å². The first-order chi connectivity index (χ1) is 12.5. The fourth-order valence-corrected chi connectivity index (χ4v) is 3.13. The maximum absolute atomic E-state index is 12.8. The first-order valence-corrected chi connectivity index (χ1v) is 8.97. The van der Waals surface area contributed by atoms with Crippen molar-refractivity contribution in [2.75, 3.05) is 7.11 Å². The molecule has 0 radical (unpaired) electrons. The number of aryl methyl sites for hydroxylation is 1. The Morgan fingerprint density at radius 2 is 2.08 bits per heavy atom. The molecule has 0 aliphatic heterocycles. The van der Waals surface area contributed by atoms with Gasteiger partial charge in [-0.3, -0.25) is 0 Å². The van der Waals surface area contributed by atoms with Gasteiger partial charge in [0.25, 0.3) is 0 Å². The van der Waals surface area contributed by atoms with Crippen LogP contribution in [0.1, 0.15) is 42.5 Å². The van der Waals surface area contributed by atoms with Crippen LogP contribution in [0.15, 0.2) is 42.5 Å². The van der Waals surface area contributed by atoms with Gasteiger partial charge in [0, 0.05) is 12.6 Å². The maximum Gasteiger partial charge on any atom is 0.318 e. The lowest BCUT2D eigenvalue weighted by Crippen LogP contribution is -2.41. The molecule has 0 heterocycles. The van der Waals surface area contributed by atoms with E-state index in [1.54, 1.807) is 25.3 Å². The fraction of sp³-hybridized carbons (Fsp3) is 0.381. The SMILES string of the molecule is COc1ccc([C@H](C)NC(=O)N(Cc2cccc(O)c2)C2CC2)cc1C. The number of aromatic hydroxyl groups is 1. The standard InChI is InChI=1S/C21H26N2O3/c1-14-11-17(7-10-20(14)26-3)15(2)22-21(25)23(18-8-9-18)13-16-5-4-6-19(24)12-16/h4-7,10-12,15,18,24H,8-9,13H2,1-3H3,(H,22,25)/t15-/m0/s1. The Morgan fingerprint density at radius 1 is 1.31 bits per heavy atom. The Kier molecular flexibility index (Phi) is 5.35. The van der Waals surface area contributed by atoms with Crippen LogP contribution in [0.2, 0.25) is 0 Å². The summed E-state index contributed by atoms with van der Waals surface area (Å²) in [5.74, 6) is 1.07. The first kappa shape index (κ1) is 18.1. The van der Waals surface area contributed by atoms with E-state index >= 15 is 0 Å². The molecule has 1 saturated carbocycles. The Morgan fingerprint density at radius 3 is 2.69 bits per heavy atom. The van der Waals surface area contributed by atoms with Crippen LogP contribution in [0.5, 0.6) is 11.5 Å². The minimum absolute atomic E-state index is 0.0724. The highest BCUT2D eigenvalue weighted by atomic mass is 16.5. The number of benzene rings is 2. The van der Waals surface area contributed by atoms with Gasteiger partial charge in [0.1, 0.15) is 11.5 Å². The third-order valence-corrected chi connectivity index (χ3v) is 4.77. The van der Waals surface area contributed by atoms with Gasteiger partial charge in [0.05, 0.1) is 13.2 Å². The number of amides is 2. The van der Waals surface area contributed by atoms with Crippen molar-refractivity contribution in [1.82, 2.24) is 10.2 Å². The average molecular weight is 354 g/mol. The van der Waals surface area contributed by atoms with E-state index in [0.717, 1.165) is 35.3 Å². The van der Waals surface area contributed by atoms with E-state index in [0.29, 0.717) is 6.54 Å². The zero-order valence-corrected chi connectivity index (χ0v) is 15.5. The van der Waals surface area contributed by atoms with Gasteiger partial charge in [-0.1, -0.05) is 24.3 Å². The van der Waals surface area contributed by atoms with E-state index in [9.17, 15) is 9.90 Å². The van der Waals surface area contributed by atoms with E-state index in [1.165, 1.54) is 0 Å². The van der Waals surface area contributed by atoms with Crippen molar-refractivity contribution >= 4 is 6.03 Å². The van der Waals surface area contributed by atoms with Crippen molar-refractivity contribution in [1.29, 1.82) is 0 Å². The minimum Gasteiger partial charge on any atom is -0.508 e. The van der Waals surface area contributed by atoms with E-state index in [1.807, 2.05) is 43.0 Å². The minimum atomic E-state index is -0.0995. The Balaban J connectivity index is 1.69. The summed E-state index contributed by atoms with van der Waals surface area (Å²) in [4.78, 5) is 14.7. The predicted molar refractivity (Wildman–Crippen MR) is 101 cm³/mol. The summed E-state index contributed by atoms with van der Waals surface area (Å²) in [6, 6.07) is 13.1. The number of phenols is 1.